The van der Waals surface area contributed by atoms with Gasteiger partial charge in [0.2, 0.25) is 5.91 Å². The van der Waals surface area contributed by atoms with Gasteiger partial charge in [-0.15, -0.1) is 5.10 Å². The lowest BCUT2D eigenvalue weighted by Gasteiger charge is -2.15. The second-order valence-corrected chi connectivity index (χ2v) is 6.99. The fraction of sp³-hybridized carbons (Fsp3) is 0.400. The summed E-state index contributed by atoms with van der Waals surface area (Å²) in [4.78, 5) is 23.7. The second-order valence-electron chi connectivity index (χ2n) is 5.21. The Kier molecular flexibility index (Phi) is 6.77. The van der Waals surface area contributed by atoms with E-state index in [2.05, 4.69) is 15.5 Å². The maximum absolute atomic E-state index is 12.1. The normalized spacial score (nSPS) is 12.2. The Bertz CT molecular complexity index is 775. The van der Waals surface area contributed by atoms with Crippen LogP contribution in [0.1, 0.15) is 31.9 Å². The predicted octanol–water partition coefficient (Wildman–Crippen LogP) is 3.26. The van der Waals surface area contributed by atoms with E-state index < -0.39 is 0 Å². The third-order valence-electron chi connectivity index (χ3n) is 3.31. The van der Waals surface area contributed by atoms with Crippen LogP contribution in [0.4, 0.5) is 0 Å². The molecular formula is C15H18Cl2N4O2S. The number of nitrogens with zero attached hydrogens (tertiary/aromatic N) is 2. The number of aromatic nitrogens is 3. The van der Waals surface area contributed by atoms with Gasteiger partial charge < -0.3 is 5.32 Å². The van der Waals surface area contributed by atoms with Crippen LogP contribution >= 0.6 is 35.0 Å². The van der Waals surface area contributed by atoms with Gasteiger partial charge in [-0.2, -0.15) is 0 Å². The molecule has 1 heterocycles. The average Bonchev–Trinajstić information content (AvgIpc) is 2.86. The van der Waals surface area contributed by atoms with E-state index in [1.54, 1.807) is 18.2 Å². The maximum atomic E-state index is 12.1. The number of H-pyrrole nitrogens is 1. The number of carbonyl (C=O) groups excluding carboxylic acids is 1. The molecule has 0 saturated carbocycles. The SMILES string of the molecule is CCCn1c(SCC(=O)N[C@H](C)c2ccc(Cl)cc2Cl)n[nH]c1=O. The maximum Gasteiger partial charge on any atom is 0.343 e. The van der Waals surface area contributed by atoms with Crippen LogP contribution in [-0.2, 0) is 11.3 Å². The lowest BCUT2D eigenvalue weighted by molar-refractivity contribution is -0.119. The number of rotatable bonds is 7. The summed E-state index contributed by atoms with van der Waals surface area (Å²) >= 11 is 13.2. The number of hydrogen-bond donors (Lipinski definition) is 2. The summed E-state index contributed by atoms with van der Waals surface area (Å²) < 4.78 is 1.53. The summed E-state index contributed by atoms with van der Waals surface area (Å²) in [6.45, 7) is 4.38. The van der Waals surface area contributed by atoms with Gasteiger partial charge in [-0.25, -0.2) is 9.89 Å². The molecule has 2 aromatic rings. The van der Waals surface area contributed by atoms with Crippen molar-refractivity contribution < 1.29 is 4.79 Å². The van der Waals surface area contributed by atoms with E-state index >= 15 is 0 Å². The molecular weight excluding hydrogens is 371 g/mol. The molecule has 9 heteroatoms. The van der Waals surface area contributed by atoms with Crippen molar-refractivity contribution in [3.05, 3.63) is 44.3 Å². The molecule has 0 spiro atoms. The number of amides is 1. The molecule has 0 aliphatic heterocycles. The summed E-state index contributed by atoms with van der Waals surface area (Å²) in [7, 11) is 0. The molecule has 1 aromatic heterocycles. The highest BCUT2D eigenvalue weighted by molar-refractivity contribution is 7.99. The third kappa shape index (κ3) is 4.78. The Morgan fingerprint density at radius 2 is 2.21 bits per heavy atom. The Morgan fingerprint density at radius 1 is 1.46 bits per heavy atom. The Balaban J connectivity index is 1.95. The first-order chi connectivity index (χ1) is 11.4. The highest BCUT2D eigenvalue weighted by Crippen LogP contribution is 2.26. The average molecular weight is 389 g/mol. The lowest BCUT2D eigenvalue weighted by Crippen LogP contribution is -2.28. The van der Waals surface area contributed by atoms with Gasteiger partial charge in [0.1, 0.15) is 0 Å². The number of hydrogen-bond acceptors (Lipinski definition) is 4. The van der Waals surface area contributed by atoms with Gasteiger partial charge in [0.15, 0.2) is 5.16 Å². The molecule has 0 radical (unpaired) electrons. The smallest absolute Gasteiger partial charge is 0.343 e. The van der Waals surface area contributed by atoms with Crippen molar-refractivity contribution in [1.82, 2.24) is 20.1 Å². The first-order valence-electron chi connectivity index (χ1n) is 7.44. The zero-order valence-electron chi connectivity index (χ0n) is 13.3. The molecule has 2 N–H and O–H groups in total. The molecule has 1 aromatic carbocycles. The number of aromatic amines is 1. The molecule has 0 saturated heterocycles. The summed E-state index contributed by atoms with van der Waals surface area (Å²) in [5.41, 5.74) is 0.531. The number of carbonyl (C=O) groups is 1. The van der Waals surface area contributed by atoms with E-state index in [4.69, 9.17) is 23.2 Å². The Morgan fingerprint density at radius 3 is 2.88 bits per heavy atom. The number of benzene rings is 1. The largest absolute Gasteiger partial charge is 0.349 e. The molecule has 130 valence electrons. The zero-order chi connectivity index (χ0) is 17.7. The quantitative estimate of drug-likeness (QED) is 0.713. The topological polar surface area (TPSA) is 79.8 Å². The Labute approximate surface area is 153 Å². The predicted molar refractivity (Wildman–Crippen MR) is 96.9 cm³/mol. The van der Waals surface area contributed by atoms with Crippen molar-refractivity contribution in [3.63, 3.8) is 0 Å². The van der Waals surface area contributed by atoms with Crippen molar-refractivity contribution in [2.24, 2.45) is 0 Å². The van der Waals surface area contributed by atoms with Crippen LogP contribution in [0.2, 0.25) is 10.0 Å². The minimum absolute atomic E-state index is 0.156. The second kappa shape index (κ2) is 8.60. The van der Waals surface area contributed by atoms with Crippen LogP contribution in [-0.4, -0.2) is 26.4 Å². The van der Waals surface area contributed by atoms with Gasteiger partial charge in [-0.1, -0.05) is 48.0 Å². The minimum atomic E-state index is -0.263. The molecule has 0 fully saturated rings. The molecule has 0 bridgehead atoms. The van der Waals surface area contributed by atoms with Gasteiger partial charge in [0, 0.05) is 16.6 Å². The summed E-state index contributed by atoms with van der Waals surface area (Å²) in [6.07, 6.45) is 0.811. The van der Waals surface area contributed by atoms with Gasteiger partial charge >= 0.3 is 5.69 Å². The first-order valence-corrected chi connectivity index (χ1v) is 9.18. The van der Waals surface area contributed by atoms with Crippen LogP contribution in [0, 0.1) is 0 Å². The highest BCUT2D eigenvalue weighted by Gasteiger charge is 2.15. The van der Waals surface area contributed by atoms with Gasteiger partial charge in [0.25, 0.3) is 0 Å². The Hall–Kier alpha value is -1.44. The van der Waals surface area contributed by atoms with Crippen molar-refractivity contribution in [1.29, 1.82) is 0 Å². The summed E-state index contributed by atoms with van der Waals surface area (Å²) in [6, 6.07) is 4.91. The van der Waals surface area contributed by atoms with Gasteiger partial charge in [-0.3, -0.25) is 9.36 Å². The van der Waals surface area contributed by atoms with E-state index in [1.165, 1.54) is 16.3 Å². The van der Waals surface area contributed by atoms with Crippen LogP contribution in [0.25, 0.3) is 0 Å². The monoisotopic (exact) mass is 388 g/mol. The van der Waals surface area contributed by atoms with E-state index in [0.29, 0.717) is 21.7 Å². The summed E-state index contributed by atoms with van der Waals surface area (Å²) in [5.74, 6) is -0.0131. The molecule has 24 heavy (non-hydrogen) atoms. The zero-order valence-corrected chi connectivity index (χ0v) is 15.6. The number of halogens is 2. The van der Waals surface area contributed by atoms with Crippen LogP contribution in [0.15, 0.2) is 28.2 Å². The molecule has 1 atom stereocenters. The lowest BCUT2D eigenvalue weighted by atomic mass is 10.1. The van der Waals surface area contributed by atoms with Crippen molar-refractivity contribution in [2.45, 2.75) is 38.0 Å². The number of nitrogens with one attached hydrogen (secondary N) is 2. The fourth-order valence-corrected chi connectivity index (χ4v) is 3.53. The van der Waals surface area contributed by atoms with Crippen LogP contribution < -0.4 is 11.0 Å². The van der Waals surface area contributed by atoms with E-state index in [9.17, 15) is 9.59 Å². The molecule has 0 unspecified atom stereocenters. The van der Waals surface area contributed by atoms with Gasteiger partial charge in [0.05, 0.1) is 11.8 Å². The molecule has 0 aliphatic carbocycles. The fourth-order valence-electron chi connectivity index (χ4n) is 2.18. The van der Waals surface area contributed by atoms with E-state index in [1.807, 2.05) is 13.8 Å². The van der Waals surface area contributed by atoms with Crippen LogP contribution in [0.5, 0.6) is 0 Å². The highest BCUT2D eigenvalue weighted by atomic mass is 35.5. The third-order valence-corrected chi connectivity index (χ3v) is 4.85. The van der Waals surface area contributed by atoms with Gasteiger partial charge in [-0.05, 0) is 31.0 Å². The molecule has 6 nitrogen and oxygen atoms in total. The first kappa shape index (κ1) is 18.9. The number of thioether (sulfide) groups is 1. The standard InChI is InChI=1S/C15H18Cl2N4O2S/c1-3-6-21-14(23)19-20-15(21)24-8-13(22)18-9(2)11-5-4-10(16)7-12(11)17/h4-5,7,9H,3,6,8H2,1-2H3,(H,18,22)(H,19,23)/t9-/m1/s1. The molecule has 2 rings (SSSR count). The van der Waals surface area contributed by atoms with E-state index in [-0.39, 0.29) is 23.4 Å². The van der Waals surface area contributed by atoms with E-state index in [0.717, 1.165) is 12.0 Å². The van der Waals surface area contributed by atoms with Crippen LogP contribution in [0.3, 0.4) is 0 Å². The molecule has 1 amide bonds. The van der Waals surface area contributed by atoms with Crippen molar-refractivity contribution in [2.75, 3.05) is 5.75 Å². The van der Waals surface area contributed by atoms with Crippen molar-refractivity contribution in [3.8, 4) is 0 Å². The van der Waals surface area contributed by atoms with Crippen molar-refractivity contribution >= 4 is 40.9 Å². The molecule has 0 aliphatic rings. The summed E-state index contributed by atoms with van der Waals surface area (Å²) in [5, 5.41) is 10.8. The minimum Gasteiger partial charge on any atom is -0.349 e.